The van der Waals surface area contributed by atoms with E-state index >= 15 is 0 Å². The van der Waals surface area contributed by atoms with E-state index in [0.717, 1.165) is 55.9 Å². The van der Waals surface area contributed by atoms with E-state index in [0.29, 0.717) is 45.0 Å². The summed E-state index contributed by atoms with van der Waals surface area (Å²) in [6.45, 7) is 5.85. The van der Waals surface area contributed by atoms with Gasteiger partial charge in [0.1, 0.15) is 33.6 Å². The van der Waals surface area contributed by atoms with Crippen molar-refractivity contribution in [2.24, 2.45) is 5.73 Å². The minimum atomic E-state index is -0.971. The molecule has 1 aromatic carbocycles. The molecule has 1 amide bonds. The van der Waals surface area contributed by atoms with E-state index < -0.39 is 6.09 Å². The summed E-state index contributed by atoms with van der Waals surface area (Å²) in [6, 6.07) is 11.7. The lowest BCUT2D eigenvalue weighted by Crippen LogP contribution is -2.44. The number of aromatic nitrogens is 1. The molecule has 1 aliphatic heterocycles. The standard InChI is InChI=1S/C25H27N7O3S/c1-31-9-11-32(12-10-31)8-4-7-29-22-16(14-26)19(18-13-15-5-2-3-6-17(15)34-18)20-21(27)24(35-25(28)33)36-23(20)30-22/h2-3,5-6,13H,4,7-12,27H2,1H3,(H2,28,33)(H,29,30). The van der Waals surface area contributed by atoms with Crippen molar-refractivity contribution >= 4 is 50.1 Å². The number of rotatable bonds is 7. The van der Waals surface area contributed by atoms with Gasteiger partial charge in [0.15, 0.2) is 0 Å². The average Bonchev–Trinajstić information content (AvgIpc) is 3.42. The lowest BCUT2D eigenvalue weighted by atomic mass is 10.0. The van der Waals surface area contributed by atoms with Crippen molar-refractivity contribution in [3.63, 3.8) is 0 Å². The molecule has 0 bridgehead atoms. The fraction of sp³-hybridized carbons (Fsp3) is 0.320. The molecule has 11 heteroatoms. The Kier molecular flexibility index (Phi) is 6.65. The van der Waals surface area contributed by atoms with Crippen molar-refractivity contribution in [2.45, 2.75) is 6.42 Å². The zero-order valence-electron chi connectivity index (χ0n) is 19.9. The van der Waals surface area contributed by atoms with Crippen LogP contribution in [0, 0.1) is 11.3 Å². The number of amides is 1. The maximum Gasteiger partial charge on any atom is 0.410 e. The van der Waals surface area contributed by atoms with Crippen molar-refractivity contribution in [1.82, 2.24) is 14.8 Å². The highest BCUT2D eigenvalue weighted by Gasteiger charge is 2.26. The molecule has 1 aliphatic rings. The number of hydrogen-bond donors (Lipinski definition) is 3. The van der Waals surface area contributed by atoms with Crippen LogP contribution in [0.3, 0.4) is 0 Å². The first-order valence-corrected chi connectivity index (χ1v) is 12.5. The summed E-state index contributed by atoms with van der Waals surface area (Å²) in [5.41, 5.74) is 13.3. The number of para-hydroxylation sites is 1. The molecule has 5 N–H and O–H groups in total. The van der Waals surface area contributed by atoms with Crippen LogP contribution in [-0.2, 0) is 0 Å². The van der Waals surface area contributed by atoms with Gasteiger partial charge in [-0.3, -0.25) is 0 Å². The molecule has 0 aliphatic carbocycles. The van der Waals surface area contributed by atoms with E-state index in [-0.39, 0.29) is 10.8 Å². The van der Waals surface area contributed by atoms with Gasteiger partial charge in [-0.2, -0.15) is 5.26 Å². The number of thiophene rings is 1. The predicted octanol–water partition coefficient (Wildman–Crippen LogP) is 3.67. The maximum atomic E-state index is 11.4. The van der Waals surface area contributed by atoms with Gasteiger partial charge in [-0.25, -0.2) is 9.78 Å². The van der Waals surface area contributed by atoms with Crippen molar-refractivity contribution < 1.29 is 13.9 Å². The first kappa shape index (κ1) is 23.9. The zero-order valence-corrected chi connectivity index (χ0v) is 20.7. The molecule has 0 radical (unpaired) electrons. The molecule has 10 nitrogen and oxygen atoms in total. The Morgan fingerprint density at radius 2 is 2.08 bits per heavy atom. The molecule has 0 saturated carbocycles. The van der Waals surface area contributed by atoms with Crippen LogP contribution in [0.2, 0.25) is 0 Å². The van der Waals surface area contributed by atoms with E-state index in [1.54, 1.807) is 0 Å². The number of benzene rings is 1. The molecule has 186 valence electrons. The van der Waals surface area contributed by atoms with Gasteiger partial charge in [-0.1, -0.05) is 29.5 Å². The Hall–Kier alpha value is -3.85. The van der Waals surface area contributed by atoms with Gasteiger partial charge in [-0.15, -0.1) is 0 Å². The minimum Gasteiger partial charge on any atom is -0.456 e. The third kappa shape index (κ3) is 4.66. The quantitative estimate of drug-likeness (QED) is 0.320. The second-order valence-corrected chi connectivity index (χ2v) is 9.76. The van der Waals surface area contributed by atoms with Gasteiger partial charge in [0, 0.05) is 38.1 Å². The van der Waals surface area contributed by atoms with Crippen molar-refractivity contribution in [1.29, 1.82) is 5.26 Å². The number of hydrogen-bond acceptors (Lipinski definition) is 10. The number of fused-ring (bicyclic) bond motifs is 2. The molecule has 3 aromatic heterocycles. The summed E-state index contributed by atoms with van der Waals surface area (Å²) in [5.74, 6) is 0.918. The first-order chi connectivity index (χ1) is 17.4. The van der Waals surface area contributed by atoms with Crippen LogP contribution in [0.5, 0.6) is 5.06 Å². The summed E-state index contributed by atoms with van der Waals surface area (Å²) in [4.78, 5) is 21.4. The van der Waals surface area contributed by atoms with E-state index in [1.807, 2.05) is 30.3 Å². The number of nitrogens with two attached hydrogens (primary N) is 2. The lowest BCUT2D eigenvalue weighted by molar-refractivity contribution is 0.154. The second-order valence-electron chi connectivity index (χ2n) is 8.80. The predicted molar refractivity (Wildman–Crippen MR) is 141 cm³/mol. The Balaban J connectivity index is 1.51. The van der Waals surface area contributed by atoms with E-state index in [1.165, 1.54) is 0 Å². The topological polar surface area (TPSA) is 147 Å². The van der Waals surface area contributed by atoms with E-state index in [9.17, 15) is 10.1 Å². The number of anilines is 2. The van der Waals surface area contributed by atoms with Crippen LogP contribution in [-0.4, -0.2) is 67.2 Å². The van der Waals surface area contributed by atoms with Gasteiger partial charge in [0.2, 0.25) is 5.06 Å². The molecule has 0 atom stereocenters. The van der Waals surface area contributed by atoms with E-state index in [2.05, 4.69) is 33.2 Å². The highest BCUT2D eigenvalue weighted by molar-refractivity contribution is 7.21. The zero-order chi connectivity index (χ0) is 25.2. The number of pyridine rings is 1. The van der Waals surface area contributed by atoms with Gasteiger partial charge >= 0.3 is 6.09 Å². The molecule has 4 aromatic rings. The first-order valence-electron chi connectivity index (χ1n) is 11.7. The second kappa shape index (κ2) is 10.0. The number of piperazine rings is 1. The third-order valence-corrected chi connectivity index (χ3v) is 7.34. The van der Waals surface area contributed by atoms with Crippen molar-refractivity contribution in [3.8, 4) is 22.5 Å². The molecule has 1 fully saturated rings. The summed E-state index contributed by atoms with van der Waals surface area (Å²) >= 11 is 1.10. The number of primary amides is 1. The Morgan fingerprint density at radius 3 is 2.81 bits per heavy atom. The number of nitrogens with zero attached hydrogens (tertiary/aromatic N) is 4. The molecule has 1 saturated heterocycles. The molecule has 5 rings (SSSR count). The molecule has 0 unspecified atom stereocenters. The highest BCUT2D eigenvalue weighted by Crippen LogP contribution is 2.47. The van der Waals surface area contributed by atoms with Gasteiger partial charge in [0.25, 0.3) is 0 Å². The van der Waals surface area contributed by atoms with Gasteiger partial charge in [0.05, 0.1) is 16.6 Å². The number of nitrogens with one attached hydrogen (secondary N) is 1. The molecule has 36 heavy (non-hydrogen) atoms. The number of carbonyl (C=O) groups is 1. The lowest BCUT2D eigenvalue weighted by Gasteiger charge is -2.32. The van der Waals surface area contributed by atoms with Crippen LogP contribution in [0.25, 0.3) is 32.5 Å². The highest BCUT2D eigenvalue weighted by atomic mass is 32.1. The number of nitriles is 1. The average molecular weight is 506 g/mol. The summed E-state index contributed by atoms with van der Waals surface area (Å²) in [7, 11) is 2.14. The number of carbonyl (C=O) groups excluding carboxylic acids is 1. The molecule has 0 spiro atoms. The van der Waals surface area contributed by atoms with Crippen LogP contribution < -0.4 is 21.5 Å². The summed E-state index contributed by atoms with van der Waals surface area (Å²) < 4.78 is 11.2. The Labute approximate surface area is 212 Å². The fourth-order valence-corrected chi connectivity index (χ4v) is 5.43. The molecular weight excluding hydrogens is 478 g/mol. The Bertz CT molecular complexity index is 1430. The minimum absolute atomic E-state index is 0.137. The van der Waals surface area contributed by atoms with Crippen LogP contribution in [0.15, 0.2) is 34.7 Å². The largest absolute Gasteiger partial charge is 0.456 e. The number of ether oxygens (including phenoxy) is 1. The normalized spacial score (nSPS) is 14.8. The summed E-state index contributed by atoms with van der Waals surface area (Å²) in [5, 5.41) is 15.1. The van der Waals surface area contributed by atoms with Crippen molar-refractivity contribution in [3.05, 3.63) is 35.9 Å². The van der Waals surface area contributed by atoms with Gasteiger partial charge < -0.3 is 35.7 Å². The van der Waals surface area contributed by atoms with Crippen molar-refractivity contribution in [2.75, 3.05) is 57.4 Å². The fourth-order valence-electron chi connectivity index (χ4n) is 4.47. The Morgan fingerprint density at radius 1 is 1.31 bits per heavy atom. The van der Waals surface area contributed by atoms with Crippen LogP contribution in [0.1, 0.15) is 12.0 Å². The third-order valence-electron chi connectivity index (χ3n) is 6.36. The smallest absolute Gasteiger partial charge is 0.410 e. The SMILES string of the molecule is CN1CCN(CCCNc2nc3sc(OC(N)=O)c(N)c3c(-c3cc4ccccc4o3)c2C#N)CC1. The van der Waals surface area contributed by atoms with Gasteiger partial charge in [-0.05, 0) is 32.1 Å². The molecular formula is C25H27N7O3S. The maximum absolute atomic E-state index is 11.4. The number of nitrogen functional groups attached to an aromatic ring is 1. The monoisotopic (exact) mass is 505 g/mol. The molecule has 4 heterocycles. The van der Waals surface area contributed by atoms with Crippen LogP contribution in [0.4, 0.5) is 16.3 Å². The number of furan rings is 1. The summed E-state index contributed by atoms with van der Waals surface area (Å²) in [6.07, 6.45) is -0.0713. The van der Waals surface area contributed by atoms with Crippen LogP contribution >= 0.6 is 11.3 Å². The number of likely N-dealkylation sites (N-methyl/N-ethyl adjacent to an activating group) is 1. The van der Waals surface area contributed by atoms with E-state index in [4.69, 9.17) is 20.6 Å².